The molecule has 1 amide bonds. The summed E-state index contributed by atoms with van der Waals surface area (Å²) in [6.45, 7) is 2.33. The van der Waals surface area contributed by atoms with E-state index >= 15 is 0 Å². The van der Waals surface area contributed by atoms with Crippen LogP contribution >= 0.6 is 23.6 Å². The van der Waals surface area contributed by atoms with Gasteiger partial charge in [-0.1, -0.05) is 0 Å². The number of hydrogen-bond donors (Lipinski definition) is 2. The summed E-state index contributed by atoms with van der Waals surface area (Å²) in [7, 11) is 0. The Kier molecular flexibility index (Phi) is 4.16. The summed E-state index contributed by atoms with van der Waals surface area (Å²) < 4.78 is 0.700. The molecular weight excluding hydrogens is 268 g/mol. The third-order valence-electron chi connectivity index (χ3n) is 2.35. The van der Waals surface area contributed by atoms with E-state index in [2.05, 4.69) is 20.3 Å². The molecule has 2 aromatic heterocycles. The molecule has 2 aromatic rings. The number of carbonyl (C=O) groups excluding carboxylic acids is 1. The van der Waals surface area contributed by atoms with E-state index in [9.17, 15) is 4.79 Å². The van der Waals surface area contributed by atoms with E-state index in [0.29, 0.717) is 16.9 Å². The second-order valence-electron chi connectivity index (χ2n) is 3.72. The second kappa shape index (κ2) is 5.83. The van der Waals surface area contributed by atoms with Gasteiger partial charge in [-0.05, 0) is 25.2 Å². The zero-order chi connectivity index (χ0) is 13.0. The van der Waals surface area contributed by atoms with Crippen molar-refractivity contribution in [2.75, 3.05) is 0 Å². The van der Waals surface area contributed by atoms with Crippen molar-refractivity contribution in [1.29, 1.82) is 0 Å². The third kappa shape index (κ3) is 3.44. The van der Waals surface area contributed by atoms with E-state index in [1.54, 1.807) is 12.3 Å². The number of aryl methyl sites for hydroxylation is 1. The first-order chi connectivity index (χ1) is 8.65. The van der Waals surface area contributed by atoms with Gasteiger partial charge in [0.2, 0.25) is 5.91 Å². The van der Waals surface area contributed by atoms with Crippen LogP contribution in [0.2, 0.25) is 0 Å². The van der Waals surface area contributed by atoms with Crippen LogP contribution in [0.4, 0.5) is 0 Å². The molecule has 0 aromatic carbocycles. The van der Waals surface area contributed by atoms with Crippen LogP contribution in [0.15, 0.2) is 18.6 Å². The molecule has 0 spiro atoms. The number of amides is 1. The highest BCUT2D eigenvalue weighted by Crippen LogP contribution is 2.14. The fraction of sp³-hybridized carbons (Fsp3) is 0.273. The van der Waals surface area contributed by atoms with Gasteiger partial charge in [-0.15, -0.1) is 11.3 Å². The van der Waals surface area contributed by atoms with Crippen molar-refractivity contribution in [2.24, 2.45) is 0 Å². The Hall–Kier alpha value is -1.60. The molecular formula is C11H12N4OS2. The molecule has 2 N–H and O–H groups in total. The van der Waals surface area contributed by atoms with E-state index in [1.165, 1.54) is 17.7 Å². The van der Waals surface area contributed by atoms with Gasteiger partial charge in [-0.3, -0.25) is 4.79 Å². The lowest BCUT2D eigenvalue weighted by molar-refractivity contribution is -0.120. The number of hydrogen-bond acceptors (Lipinski definition) is 5. The van der Waals surface area contributed by atoms with Crippen LogP contribution in [0.3, 0.4) is 0 Å². The van der Waals surface area contributed by atoms with Gasteiger partial charge in [0.25, 0.3) is 0 Å². The minimum absolute atomic E-state index is 0.0398. The summed E-state index contributed by atoms with van der Waals surface area (Å²) in [6, 6.07) is 1.77. The summed E-state index contributed by atoms with van der Waals surface area (Å²) in [5, 5.41) is 2.81. The average Bonchev–Trinajstić information content (AvgIpc) is 2.67. The first kappa shape index (κ1) is 12.8. The molecule has 0 saturated carbocycles. The van der Waals surface area contributed by atoms with Gasteiger partial charge in [-0.25, -0.2) is 9.97 Å². The van der Waals surface area contributed by atoms with E-state index in [4.69, 9.17) is 12.2 Å². The van der Waals surface area contributed by atoms with Crippen molar-refractivity contribution in [1.82, 2.24) is 20.3 Å². The zero-order valence-electron chi connectivity index (χ0n) is 9.77. The van der Waals surface area contributed by atoms with Crippen molar-refractivity contribution in [3.63, 3.8) is 0 Å². The maximum Gasteiger partial charge on any atom is 0.225 e. The van der Waals surface area contributed by atoms with E-state index in [-0.39, 0.29) is 5.91 Å². The molecule has 0 saturated heterocycles. The Morgan fingerprint density at radius 3 is 3.06 bits per heavy atom. The minimum atomic E-state index is -0.0398. The first-order valence-electron chi connectivity index (χ1n) is 5.35. The monoisotopic (exact) mass is 280 g/mol. The van der Waals surface area contributed by atoms with Crippen molar-refractivity contribution in [3.05, 3.63) is 38.8 Å². The SMILES string of the molecule is Cc1[nH]c(=S)sc1CC(=O)NCc1ccncn1. The van der Waals surface area contributed by atoms with Gasteiger partial charge >= 0.3 is 0 Å². The smallest absolute Gasteiger partial charge is 0.225 e. The molecule has 2 rings (SSSR count). The van der Waals surface area contributed by atoms with E-state index in [1.807, 2.05) is 6.92 Å². The van der Waals surface area contributed by atoms with Gasteiger partial charge in [0.1, 0.15) is 6.33 Å². The van der Waals surface area contributed by atoms with Crippen LogP contribution in [0.1, 0.15) is 16.3 Å². The number of carbonyl (C=O) groups is 1. The highest BCUT2D eigenvalue weighted by atomic mass is 32.1. The van der Waals surface area contributed by atoms with E-state index in [0.717, 1.165) is 16.3 Å². The Balaban J connectivity index is 1.90. The Morgan fingerprint density at radius 2 is 2.44 bits per heavy atom. The Bertz CT molecular complexity index is 591. The van der Waals surface area contributed by atoms with Gasteiger partial charge in [0.05, 0.1) is 18.7 Å². The fourth-order valence-electron chi connectivity index (χ4n) is 1.43. The number of H-pyrrole nitrogens is 1. The zero-order valence-corrected chi connectivity index (χ0v) is 11.4. The summed E-state index contributed by atoms with van der Waals surface area (Å²) in [5.41, 5.74) is 1.75. The summed E-state index contributed by atoms with van der Waals surface area (Å²) in [5.74, 6) is -0.0398. The number of nitrogens with zero attached hydrogens (tertiary/aromatic N) is 2. The van der Waals surface area contributed by atoms with Crippen LogP contribution in [-0.2, 0) is 17.8 Å². The fourth-order valence-corrected chi connectivity index (χ4v) is 2.72. The number of aromatic amines is 1. The normalized spacial score (nSPS) is 10.3. The third-order valence-corrected chi connectivity index (χ3v) is 3.69. The van der Waals surface area contributed by atoms with Crippen LogP contribution in [0.25, 0.3) is 0 Å². The molecule has 0 aliphatic carbocycles. The molecule has 5 nitrogen and oxygen atoms in total. The predicted octanol–water partition coefficient (Wildman–Crippen LogP) is 1.76. The molecule has 2 heterocycles. The van der Waals surface area contributed by atoms with Crippen LogP contribution in [-0.4, -0.2) is 20.9 Å². The minimum Gasteiger partial charge on any atom is -0.350 e. The predicted molar refractivity (Wildman–Crippen MR) is 71.8 cm³/mol. The molecule has 0 atom stereocenters. The Morgan fingerprint density at radius 1 is 1.61 bits per heavy atom. The molecule has 0 unspecified atom stereocenters. The standard InChI is InChI=1S/C11H12N4OS2/c1-7-9(18-11(17)15-7)4-10(16)13-5-8-2-3-12-6-14-8/h2-3,6H,4-5H2,1H3,(H,13,16)(H,15,17). The average molecular weight is 280 g/mol. The molecule has 0 aliphatic rings. The topological polar surface area (TPSA) is 70.7 Å². The number of rotatable bonds is 4. The van der Waals surface area contributed by atoms with Crippen molar-refractivity contribution >= 4 is 29.5 Å². The number of nitrogens with one attached hydrogen (secondary N) is 2. The highest BCUT2D eigenvalue weighted by molar-refractivity contribution is 7.73. The van der Waals surface area contributed by atoms with Crippen LogP contribution in [0, 0.1) is 10.9 Å². The molecule has 18 heavy (non-hydrogen) atoms. The molecule has 0 fully saturated rings. The van der Waals surface area contributed by atoms with Gasteiger partial charge < -0.3 is 10.3 Å². The lowest BCUT2D eigenvalue weighted by atomic mass is 10.3. The lowest BCUT2D eigenvalue weighted by Gasteiger charge is -2.03. The highest BCUT2D eigenvalue weighted by Gasteiger charge is 2.08. The largest absolute Gasteiger partial charge is 0.350 e. The lowest BCUT2D eigenvalue weighted by Crippen LogP contribution is -2.24. The van der Waals surface area contributed by atoms with Gasteiger partial charge in [0.15, 0.2) is 3.95 Å². The van der Waals surface area contributed by atoms with Crippen LogP contribution in [0.5, 0.6) is 0 Å². The number of aromatic nitrogens is 3. The summed E-state index contributed by atoms with van der Waals surface area (Å²) >= 11 is 6.47. The molecule has 94 valence electrons. The van der Waals surface area contributed by atoms with Gasteiger partial charge in [0, 0.05) is 16.8 Å². The van der Waals surface area contributed by atoms with Crippen molar-refractivity contribution < 1.29 is 4.79 Å². The Labute approximate surface area is 113 Å². The molecule has 0 bridgehead atoms. The summed E-state index contributed by atoms with van der Waals surface area (Å²) in [4.78, 5) is 23.6. The van der Waals surface area contributed by atoms with E-state index < -0.39 is 0 Å². The van der Waals surface area contributed by atoms with Crippen molar-refractivity contribution in [2.45, 2.75) is 19.9 Å². The molecule has 0 aliphatic heterocycles. The van der Waals surface area contributed by atoms with Gasteiger partial charge in [-0.2, -0.15) is 0 Å². The van der Waals surface area contributed by atoms with Crippen molar-refractivity contribution in [3.8, 4) is 0 Å². The summed E-state index contributed by atoms with van der Waals surface area (Å²) in [6.07, 6.45) is 3.45. The second-order valence-corrected chi connectivity index (χ2v) is 5.49. The molecule has 7 heteroatoms. The van der Waals surface area contributed by atoms with Crippen LogP contribution < -0.4 is 5.32 Å². The number of thiazole rings is 1. The maximum absolute atomic E-state index is 11.8. The first-order valence-corrected chi connectivity index (χ1v) is 6.58. The molecule has 0 radical (unpaired) electrons. The maximum atomic E-state index is 11.8. The quantitative estimate of drug-likeness (QED) is 0.837.